The summed E-state index contributed by atoms with van der Waals surface area (Å²) < 4.78 is 42.8. The number of hydrogen-bond acceptors (Lipinski definition) is 6. The van der Waals surface area contributed by atoms with Crippen LogP contribution < -0.4 is 4.74 Å². The number of aromatic nitrogens is 1. The van der Waals surface area contributed by atoms with Gasteiger partial charge in [-0.2, -0.15) is 13.2 Å². The Morgan fingerprint density at radius 2 is 1.91 bits per heavy atom. The second-order valence-corrected chi connectivity index (χ2v) is 8.32. The molecular weight excluding hydrogens is 431 g/mol. The van der Waals surface area contributed by atoms with Gasteiger partial charge < -0.3 is 24.4 Å². The number of ether oxygens (including phenoxy) is 2. The van der Waals surface area contributed by atoms with Crippen molar-refractivity contribution in [3.8, 4) is 5.88 Å². The summed E-state index contributed by atoms with van der Waals surface area (Å²) >= 11 is 0. The van der Waals surface area contributed by atoms with E-state index in [9.17, 15) is 18.0 Å². The number of aliphatic carboxylic acids is 1. The summed E-state index contributed by atoms with van der Waals surface area (Å²) in [5, 5.41) is 7.12. The zero-order chi connectivity index (χ0) is 23.5. The van der Waals surface area contributed by atoms with Gasteiger partial charge in [0, 0.05) is 45.4 Å². The van der Waals surface area contributed by atoms with E-state index in [0.29, 0.717) is 17.4 Å². The molecule has 3 heterocycles. The van der Waals surface area contributed by atoms with Gasteiger partial charge in [0.25, 0.3) is 5.91 Å². The number of halogens is 3. The Morgan fingerprint density at radius 3 is 2.47 bits per heavy atom. The Bertz CT molecular complexity index is 818. The molecule has 3 aliphatic rings. The first kappa shape index (κ1) is 24.2. The van der Waals surface area contributed by atoms with Gasteiger partial charge in [-0.05, 0) is 37.3 Å². The third-order valence-corrected chi connectivity index (χ3v) is 6.16. The topological polar surface area (TPSA) is 92.2 Å². The van der Waals surface area contributed by atoms with Crippen molar-refractivity contribution < 1.29 is 37.3 Å². The van der Waals surface area contributed by atoms with Crippen molar-refractivity contribution >= 4 is 11.9 Å². The number of carboxylic acids is 1. The minimum atomic E-state index is -5.08. The van der Waals surface area contributed by atoms with Crippen LogP contribution in [-0.4, -0.2) is 90.5 Å². The molecule has 3 atom stereocenters. The quantitative estimate of drug-likeness (QED) is 0.722. The van der Waals surface area contributed by atoms with Crippen LogP contribution in [-0.2, 0) is 9.53 Å². The van der Waals surface area contributed by atoms with Crippen molar-refractivity contribution in [2.24, 2.45) is 11.8 Å². The number of carbonyl (C=O) groups excluding carboxylic acids is 1. The summed E-state index contributed by atoms with van der Waals surface area (Å²) in [6, 6.07) is 3.82. The number of nitrogens with zero attached hydrogens (tertiary/aromatic N) is 3. The molecule has 11 heteroatoms. The Morgan fingerprint density at radius 1 is 1.22 bits per heavy atom. The number of carbonyl (C=O) groups is 2. The largest absolute Gasteiger partial charge is 0.490 e. The molecule has 1 aliphatic carbocycles. The molecule has 1 N–H and O–H groups in total. The van der Waals surface area contributed by atoms with E-state index < -0.39 is 12.1 Å². The van der Waals surface area contributed by atoms with Crippen LogP contribution in [0.3, 0.4) is 0 Å². The molecule has 1 amide bonds. The van der Waals surface area contributed by atoms with Gasteiger partial charge in [0.05, 0.1) is 19.3 Å². The summed E-state index contributed by atoms with van der Waals surface area (Å²) in [4.78, 5) is 30.9. The van der Waals surface area contributed by atoms with E-state index >= 15 is 0 Å². The average Bonchev–Trinajstić information content (AvgIpc) is 3.47. The van der Waals surface area contributed by atoms with Crippen LogP contribution in [0.1, 0.15) is 29.6 Å². The lowest BCUT2D eigenvalue weighted by molar-refractivity contribution is -0.192. The first-order valence-electron chi connectivity index (χ1n) is 10.5. The van der Waals surface area contributed by atoms with Crippen molar-refractivity contribution in [3.05, 3.63) is 23.9 Å². The third-order valence-electron chi connectivity index (χ3n) is 6.16. The lowest BCUT2D eigenvalue weighted by atomic mass is 9.88. The number of hydrogen-bond donors (Lipinski definition) is 1. The van der Waals surface area contributed by atoms with Crippen molar-refractivity contribution in [2.75, 3.05) is 40.4 Å². The fourth-order valence-electron chi connectivity index (χ4n) is 4.47. The highest BCUT2D eigenvalue weighted by molar-refractivity contribution is 5.96. The van der Waals surface area contributed by atoms with Crippen molar-refractivity contribution in [3.63, 3.8) is 0 Å². The van der Waals surface area contributed by atoms with E-state index in [-0.39, 0.29) is 18.1 Å². The molecule has 3 fully saturated rings. The smallest absolute Gasteiger partial charge is 0.480 e. The number of alkyl halides is 3. The van der Waals surface area contributed by atoms with E-state index in [1.54, 1.807) is 26.5 Å². The predicted octanol–water partition coefficient (Wildman–Crippen LogP) is 2.29. The molecule has 2 saturated heterocycles. The van der Waals surface area contributed by atoms with Crippen molar-refractivity contribution in [1.82, 2.24) is 14.8 Å². The van der Waals surface area contributed by atoms with Crippen LogP contribution >= 0.6 is 0 Å². The maximum absolute atomic E-state index is 13.2. The minimum Gasteiger partial charge on any atom is -0.480 e. The monoisotopic (exact) mass is 459 g/mol. The molecule has 1 aromatic rings. The van der Waals surface area contributed by atoms with Crippen LogP contribution in [0, 0.1) is 11.8 Å². The molecule has 1 saturated carbocycles. The molecule has 8 nitrogen and oxygen atoms in total. The molecule has 0 bridgehead atoms. The molecule has 32 heavy (non-hydrogen) atoms. The molecule has 0 aromatic carbocycles. The predicted molar refractivity (Wildman–Crippen MR) is 107 cm³/mol. The van der Waals surface area contributed by atoms with Gasteiger partial charge in [-0.3, -0.25) is 4.79 Å². The SMILES string of the molecule is COc1ncccc1C(=O)N1CC[C@@H](OC)[C@H]2CN(CC3CC3)C[C@H]21.O=C(O)C(F)(F)F. The minimum absolute atomic E-state index is 0.0303. The lowest BCUT2D eigenvalue weighted by Crippen LogP contribution is -2.53. The highest BCUT2D eigenvalue weighted by atomic mass is 19.4. The van der Waals surface area contributed by atoms with Crippen LogP contribution in [0.15, 0.2) is 18.3 Å². The Labute approximate surface area is 184 Å². The van der Waals surface area contributed by atoms with E-state index in [4.69, 9.17) is 19.4 Å². The molecule has 0 unspecified atom stereocenters. The van der Waals surface area contributed by atoms with Crippen LogP contribution in [0.25, 0.3) is 0 Å². The number of likely N-dealkylation sites (tertiary alicyclic amines) is 2. The van der Waals surface area contributed by atoms with Gasteiger partial charge in [-0.15, -0.1) is 0 Å². The van der Waals surface area contributed by atoms with E-state index in [1.165, 1.54) is 19.4 Å². The number of rotatable bonds is 5. The third kappa shape index (κ3) is 5.69. The Hall–Kier alpha value is -2.40. The second-order valence-electron chi connectivity index (χ2n) is 8.32. The number of amides is 1. The number of fused-ring (bicyclic) bond motifs is 1. The summed E-state index contributed by atoms with van der Waals surface area (Å²) in [7, 11) is 3.36. The number of piperidine rings is 1. The first-order valence-corrected chi connectivity index (χ1v) is 10.5. The normalized spacial score (nSPS) is 25.5. The van der Waals surface area contributed by atoms with E-state index in [2.05, 4.69) is 9.88 Å². The zero-order valence-corrected chi connectivity index (χ0v) is 18.0. The molecule has 1 aromatic heterocycles. The summed E-state index contributed by atoms with van der Waals surface area (Å²) in [6.45, 7) is 3.89. The Balaban J connectivity index is 0.000000360. The molecule has 4 rings (SSSR count). The highest BCUT2D eigenvalue weighted by Crippen LogP contribution is 2.37. The van der Waals surface area contributed by atoms with Gasteiger partial charge in [0.1, 0.15) is 5.56 Å². The van der Waals surface area contributed by atoms with Crippen molar-refractivity contribution in [1.29, 1.82) is 0 Å². The van der Waals surface area contributed by atoms with Crippen molar-refractivity contribution in [2.45, 2.75) is 37.6 Å². The highest BCUT2D eigenvalue weighted by Gasteiger charge is 2.47. The van der Waals surface area contributed by atoms with Gasteiger partial charge in [-0.1, -0.05) is 0 Å². The second kappa shape index (κ2) is 10.0. The van der Waals surface area contributed by atoms with Crippen LogP contribution in [0.2, 0.25) is 0 Å². The fourth-order valence-corrected chi connectivity index (χ4v) is 4.47. The van der Waals surface area contributed by atoms with Gasteiger partial charge in [-0.25, -0.2) is 9.78 Å². The maximum Gasteiger partial charge on any atom is 0.490 e. The molecular formula is C21H28F3N3O5. The van der Waals surface area contributed by atoms with E-state index in [0.717, 1.165) is 32.0 Å². The molecule has 0 spiro atoms. The zero-order valence-electron chi connectivity index (χ0n) is 18.0. The van der Waals surface area contributed by atoms with E-state index in [1.807, 2.05) is 11.0 Å². The number of methoxy groups -OCH3 is 2. The standard InChI is InChI=1S/C19H27N3O3.C2HF3O2/c1-24-17-7-9-22(19(23)14-4-3-8-20-18(14)25-2)16-12-21(11-15(16)17)10-13-5-6-13;3-2(4,5)1(6)7/h3-4,8,13,15-17H,5-7,9-12H2,1-2H3;(H,6,7)/t15-,16+,17+;/m0./s1. The molecule has 2 aliphatic heterocycles. The average molecular weight is 459 g/mol. The molecule has 178 valence electrons. The van der Waals surface area contributed by atoms with Crippen LogP contribution in [0.4, 0.5) is 13.2 Å². The lowest BCUT2D eigenvalue weighted by Gasteiger charge is -2.41. The maximum atomic E-state index is 13.2. The van der Waals surface area contributed by atoms with Gasteiger partial charge >= 0.3 is 12.1 Å². The summed E-state index contributed by atoms with van der Waals surface area (Å²) in [5.74, 6) is -1.06. The summed E-state index contributed by atoms with van der Waals surface area (Å²) in [5.41, 5.74) is 0.556. The first-order chi connectivity index (χ1) is 15.2. The van der Waals surface area contributed by atoms with Gasteiger partial charge in [0.15, 0.2) is 0 Å². The number of carboxylic acid groups (broad SMARTS) is 1. The molecule has 0 radical (unpaired) electrons. The fraction of sp³-hybridized carbons (Fsp3) is 0.667. The van der Waals surface area contributed by atoms with Gasteiger partial charge in [0.2, 0.25) is 5.88 Å². The Kier molecular flexibility index (Phi) is 7.60. The van der Waals surface area contributed by atoms with Crippen LogP contribution in [0.5, 0.6) is 5.88 Å². The number of pyridine rings is 1. The summed E-state index contributed by atoms with van der Waals surface area (Å²) in [6.07, 6.45) is 0.421.